The van der Waals surface area contributed by atoms with E-state index in [1.54, 1.807) is 17.2 Å². The molecule has 0 radical (unpaired) electrons. The average molecular weight is 379 g/mol. The summed E-state index contributed by atoms with van der Waals surface area (Å²) in [5, 5.41) is 3.23. The summed E-state index contributed by atoms with van der Waals surface area (Å²) >= 11 is 1.36. The smallest absolute Gasteiger partial charge is 0.248 e. The van der Waals surface area contributed by atoms with Crippen LogP contribution in [0.5, 0.6) is 0 Å². The van der Waals surface area contributed by atoms with E-state index in [9.17, 15) is 14.0 Å². The van der Waals surface area contributed by atoms with Gasteiger partial charge < -0.3 is 5.32 Å². The van der Waals surface area contributed by atoms with Crippen LogP contribution in [0.25, 0.3) is 0 Å². The SMILES string of the molecule is Cc1cnc(NC(=O)C2C(=O)N3c4ccc(F)cc4Cc4cccc2c43)s1. The van der Waals surface area contributed by atoms with Gasteiger partial charge in [-0.25, -0.2) is 9.37 Å². The van der Waals surface area contributed by atoms with Gasteiger partial charge in [-0.05, 0) is 41.8 Å². The summed E-state index contributed by atoms with van der Waals surface area (Å²) in [6, 6.07) is 9.95. The number of nitrogens with zero attached hydrogens (tertiary/aromatic N) is 2. The Bertz CT molecular complexity index is 1120. The van der Waals surface area contributed by atoms with Gasteiger partial charge in [-0.1, -0.05) is 18.2 Å². The van der Waals surface area contributed by atoms with Gasteiger partial charge in [0.15, 0.2) is 5.13 Å². The normalized spacial score (nSPS) is 16.9. The molecule has 0 spiro atoms. The van der Waals surface area contributed by atoms with E-state index in [1.165, 1.54) is 23.5 Å². The Morgan fingerprint density at radius 1 is 1.30 bits per heavy atom. The Kier molecular flexibility index (Phi) is 3.42. The Morgan fingerprint density at radius 2 is 2.15 bits per heavy atom. The molecule has 3 aromatic rings. The number of carbonyl (C=O) groups is 2. The van der Waals surface area contributed by atoms with E-state index in [2.05, 4.69) is 10.3 Å². The van der Waals surface area contributed by atoms with Crippen LogP contribution in [-0.2, 0) is 16.0 Å². The highest BCUT2D eigenvalue weighted by atomic mass is 32.1. The average Bonchev–Trinajstić information content (AvgIpc) is 3.17. The lowest BCUT2D eigenvalue weighted by molar-refractivity contribution is -0.126. The third kappa shape index (κ3) is 2.39. The first-order valence-corrected chi connectivity index (χ1v) is 9.32. The van der Waals surface area contributed by atoms with Crippen LogP contribution in [0.3, 0.4) is 0 Å². The molecule has 5 rings (SSSR count). The number of benzene rings is 2. The lowest BCUT2D eigenvalue weighted by atomic mass is 9.93. The van der Waals surface area contributed by atoms with Crippen molar-refractivity contribution in [1.29, 1.82) is 0 Å². The Morgan fingerprint density at radius 3 is 2.93 bits per heavy atom. The molecule has 2 amide bonds. The van der Waals surface area contributed by atoms with E-state index in [1.807, 2.05) is 25.1 Å². The summed E-state index contributed by atoms with van der Waals surface area (Å²) in [5.74, 6) is -2.01. The molecule has 1 atom stereocenters. The molecule has 7 heteroatoms. The van der Waals surface area contributed by atoms with Gasteiger partial charge >= 0.3 is 0 Å². The molecular weight excluding hydrogens is 365 g/mol. The molecule has 0 bridgehead atoms. The summed E-state index contributed by atoms with van der Waals surface area (Å²) in [6.07, 6.45) is 2.20. The van der Waals surface area contributed by atoms with Crippen molar-refractivity contribution in [3.63, 3.8) is 0 Å². The van der Waals surface area contributed by atoms with E-state index in [0.29, 0.717) is 22.8 Å². The van der Waals surface area contributed by atoms with Gasteiger partial charge in [-0.2, -0.15) is 0 Å². The second-order valence-electron chi connectivity index (χ2n) is 6.68. The second-order valence-corrected chi connectivity index (χ2v) is 7.91. The topological polar surface area (TPSA) is 62.3 Å². The van der Waals surface area contributed by atoms with Crippen molar-refractivity contribution in [3.05, 3.63) is 70.0 Å². The van der Waals surface area contributed by atoms with E-state index in [4.69, 9.17) is 0 Å². The standard InChI is InChI=1S/C20H14FN3O2S/c1-10-9-22-20(27-10)23-18(25)16-14-4-2-3-11-7-12-8-13(21)5-6-15(12)24(17(11)14)19(16)26/h2-6,8-9,16H,7H2,1H3,(H,22,23,25). The van der Waals surface area contributed by atoms with E-state index < -0.39 is 11.8 Å². The first-order valence-electron chi connectivity index (χ1n) is 8.50. The first-order chi connectivity index (χ1) is 13.0. The molecule has 2 aliphatic rings. The fourth-order valence-electron chi connectivity index (χ4n) is 3.83. The van der Waals surface area contributed by atoms with Gasteiger partial charge in [-0.3, -0.25) is 14.5 Å². The number of rotatable bonds is 2. The summed E-state index contributed by atoms with van der Waals surface area (Å²) in [6.45, 7) is 1.90. The highest BCUT2D eigenvalue weighted by Crippen LogP contribution is 2.49. The van der Waals surface area contributed by atoms with E-state index in [0.717, 1.165) is 21.7 Å². The zero-order valence-corrected chi connectivity index (χ0v) is 15.1. The maximum Gasteiger partial charge on any atom is 0.248 e. The zero-order valence-electron chi connectivity index (χ0n) is 14.3. The first kappa shape index (κ1) is 16.1. The molecular formula is C20H14FN3O2S. The lowest BCUT2D eigenvalue weighted by Gasteiger charge is -2.28. The second kappa shape index (κ2) is 5.72. The summed E-state index contributed by atoms with van der Waals surface area (Å²) in [4.78, 5) is 32.8. The van der Waals surface area contributed by atoms with Crippen molar-refractivity contribution in [2.75, 3.05) is 10.2 Å². The molecule has 0 saturated carbocycles. The Hall–Kier alpha value is -3.06. The number of aromatic nitrogens is 1. The highest BCUT2D eigenvalue weighted by molar-refractivity contribution is 7.15. The van der Waals surface area contributed by atoms with Gasteiger partial charge in [0.05, 0.1) is 11.4 Å². The number of halogens is 1. The van der Waals surface area contributed by atoms with Crippen LogP contribution in [-0.4, -0.2) is 16.8 Å². The predicted octanol–water partition coefficient (Wildman–Crippen LogP) is 3.90. The van der Waals surface area contributed by atoms with Gasteiger partial charge in [0.2, 0.25) is 11.8 Å². The highest BCUT2D eigenvalue weighted by Gasteiger charge is 2.46. The van der Waals surface area contributed by atoms with Crippen LogP contribution in [0.4, 0.5) is 20.9 Å². The quantitative estimate of drug-likeness (QED) is 0.687. The fraction of sp³-hybridized carbons (Fsp3) is 0.150. The van der Waals surface area contributed by atoms with Crippen molar-refractivity contribution in [2.45, 2.75) is 19.3 Å². The monoisotopic (exact) mass is 379 g/mol. The summed E-state index contributed by atoms with van der Waals surface area (Å²) in [7, 11) is 0. The molecule has 3 heterocycles. The van der Waals surface area contributed by atoms with Crippen molar-refractivity contribution in [1.82, 2.24) is 4.98 Å². The Balaban J connectivity index is 1.59. The van der Waals surface area contributed by atoms with Crippen molar-refractivity contribution < 1.29 is 14.0 Å². The number of nitrogens with one attached hydrogen (secondary N) is 1. The molecule has 5 nitrogen and oxygen atoms in total. The molecule has 0 aliphatic carbocycles. The largest absolute Gasteiger partial charge is 0.301 e. The minimum atomic E-state index is -0.944. The van der Waals surface area contributed by atoms with Gasteiger partial charge in [0, 0.05) is 17.5 Å². The van der Waals surface area contributed by atoms with E-state index >= 15 is 0 Å². The maximum atomic E-state index is 13.7. The molecule has 1 aromatic heterocycles. The third-order valence-electron chi connectivity index (χ3n) is 4.93. The Labute approximate surface area is 158 Å². The number of para-hydroxylation sites is 1. The zero-order chi connectivity index (χ0) is 18.7. The molecule has 2 aromatic carbocycles. The van der Waals surface area contributed by atoms with E-state index in [-0.39, 0.29) is 11.7 Å². The lowest BCUT2D eigenvalue weighted by Crippen LogP contribution is -2.32. The molecule has 0 saturated heterocycles. The van der Waals surface area contributed by atoms with Gasteiger partial charge in [-0.15, -0.1) is 11.3 Å². The molecule has 1 unspecified atom stereocenters. The summed E-state index contributed by atoms with van der Waals surface area (Å²) in [5.41, 5.74) is 3.72. The maximum absolute atomic E-state index is 13.7. The number of thiazole rings is 1. The number of aryl methyl sites for hydroxylation is 1. The number of hydrogen-bond donors (Lipinski definition) is 1. The number of hydrogen-bond acceptors (Lipinski definition) is 4. The minimum absolute atomic E-state index is 0.323. The van der Waals surface area contributed by atoms with Crippen LogP contribution in [0, 0.1) is 12.7 Å². The number of fused-ring (bicyclic) bond motifs is 2. The fourth-order valence-corrected chi connectivity index (χ4v) is 4.50. The molecule has 1 N–H and O–H groups in total. The van der Waals surface area contributed by atoms with Gasteiger partial charge in [0.25, 0.3) is 0 Å². The molecule has 27 heavy (non-hydrogen) atoms. The van der Waals surface area contributed by atoms with Crippen molar-refractivity contribution >= 4 is 39.7 Å². The number of amides is 2. The number of carbonyl (C=O) groups excluding carboxylic acids is 2. The predicted molar refractivity (Wildman–Crippen MR) is 101 cm³/mol. The van der Waals surface area contributed by atoms with Crippen LogP contribution in [0.2, 0.25) is 0 Å². The number of anilines is 3. The van der Waals surface area contributed by atoms with Crippen LogP contribution >= 0.6 is 11.3 Å². The van der Waals surface area contributed by atoms with Gasteiger partial charge in [0.1, 0.15) is 11.7 Å². The van der Waals surface area contributed by atoms with Crippen LogP contribution in [0.1, 0.15) is 27.5 Å². The van der Waals surface area contributed by atoms with Crippen LogP contribution < -0.4 is 10.2 Å². The molecule has 0 fully saturated rings. The third-order valence-corrected chi connectivity index (χ3v) is 5.76. The summed E-state index contributed by atoms with van der Waals surface area (Å²) < 4.78 is 13.7. The van der Waals surface area contributed by atoms with Crippen molar-refractivity contribution in [2.24, 2.45) is 0 Å². The van der Waals surface area contributed by atoms with Crippen molar-refractivity contribution in [3.8, 4) is 0 Å². The van der Waals surface area contributed by atoms with Crippen LogP contribution in [0.15, 0.2) is 42.6 Å². The molecule has 2 aliphatic heterocycles. The molecule has 134 valence electrons. The minimum Gasteiger partial charge on any atom is -0.301 e.